The molecule has 0 aliphatic rings. The largest absolute Gasteiger partial charge is 0.480 e. The summed E-state index contributed by atoms with van der Waals surface area (Å²) in [5.74, 6) is -2.70. The van der Waals surface area contributed by atoms with Crippen molar-refractivity contribution >= 4 is 17.7 Å². The van der Waals surface area contributed by atoms with Crippen molar-refractivity contribution in [2.24, 2.45) is 0 Å². The molecule has 5 nitrogen and oxygen atoms in total. The van der Waals surface area contributed by atoms with Gasteiger partial charge in [-0.2, -0.15) is 0 Å². The molecule has 0 aromatic heterocycles. The SMILES string of the molecule is CCC[C@H](NC(=O)Nc1cc(F)ccc1F)C(=O)O. The second kappa shape index (κ2) is 6.67. The smallest absolute Gasteiger partial charge is 0.326 e. The molecule has 104 valence electrons. The summed E-state index contributed by atoms with van der Waals surface area (Å²) in [5, 5.41) is 13.1. The minimum absolute atomic E-state index is 0.244. The zero-order chi connectivity index (χ0) is 14.4. The van der Waals surface area contributed by atoms with Gasteiger partial charge in [0.05, 0.1) is 5.69 Å². The monoisotopic (exact) mass is 272 g/mol. The molecule has 3 N–H and O–H groups in total. The van der Waals surface area contributed by atoms with Crippen LogP contribution in [0.15, 0.2) is 18.2 Å². The van der Waals surface area contributed by atoms with E-state index in [1.54, 1.807) is 6.92 Å². The van der Waals surface area contributed by atoms with Gasteiger partial charge in [0.25, 0.3) is 0 Å². The predicted octanol–water partition coefficient (Wildman–Crippen LogP) is 2.34. The summed E-state index contributed by atoms with van der Waals surface area (Å²) in [6.07, 6.45) is 0.806. The molecular formula is C12H14F2N2O3. The van der Waals surface area contributed by atoms with Gasteiger partial charge in [-0.1, -0.05) is 13.3 Å². The minimum Gasteiger partial charge on any atom is -0.480 e. The molecule has 1 atom stereocenters. The van der Waals surface area contributed by atoms with Crippen molar-refractivity contribution in [3.63, 3.8) is 0 Å². The summed E-state index contributed by atoms with van der Waals surface area (Å²) in [5.41, 5.74) is -0.349. The maximum Gasteiger partial charge on any atom is 0.326 e. The van der Waals surface area contributed by atoms with Crippen molar-refractivity contribution in [3.05, 3.63) is 29.8 Å². The summed E-state index contributed by atoms with van der Waals surface area (Å²) >= 11 is 0. The van der Waals surface area contributed by atoms with Gasteiger partial charge in [-0.25, -0.2) is 18.4 Å². The Balaban J connectivity index is 2.68. The van der Waals surface area contributed by atoms with Crippen molar-refractivity contribution in [2.75, 3.05) is 5.32 Å². The third-order valence-electron chi connectivity index (χ3n) is 2.36. The van der Waals surface area contributed by atoms with Gasteiger partial charge in [0.15, 0.2) is 0 Å². The van der Waals surface area contributed by atoms with E-state index in [0.29, 0.717) is 6.42 Å². The lowest BCUT2D eigenvalue weighted by Gasteiger charge is -2.14. The second-order valence-corrected chi connectivity index (χ2v) is 3.90. The van der Waals surface area contributed by atoms with Crippen molar-refractivity contribution in [1.82, 2.24) is 5.32 Å². The molecule has 0 saturated heterocycles. The van der Waals surface area contributed by atoms with E-state index in [2.05, 4.69) is 10.6 Å². The van der Waals surface area contributed by atoms with Gasteiger partial charge >= 0.3 is 12.0 Å². The maximum atomic E-state index is 13.2. The van der Waals surface area contributed by atoms with Gasteiger partial charge in [-0.3, -0.25) is 0 Å². The van der Waals surface area contributed by atoms with E-state index < -0.39 is 29.7 Å². The first-order valence-corrected chi connectivity index (χ1v) is 5.69. The van der Waals surface area contributed by atoms with Crippen LogP contribution >= 0.6 is 0 Å². The van der Waals surface area contributed by atoms with Crippen molar-refractivity contribution in [2.45, 2.75) is 25.8 Å². The van der Waals surface area contributed by atoms with Crippen LogP contribution in [0.5, 0.6) is 0 Å². The van der Waals surface area contributed by atoms with E-state index in [4.69, 9.17) is 5.11 Å². The van der Waals surface area contributed by atoms with E-state index in [1.165, 1.54) is 0 Å². The molecular weight excluding hydrogens is 258 g/mol. The fraction of sp³-hybridized carbons (Fsp3) is 0.333. The first-order chi connectivity index (χ1) is 8.93. The van der Waals surface area contributed by atoms with Gasteiger partial charge < -0.3 is 15.7 Å². The van der Waals surface area contributed by atoms with Gasteiger partial charge in [-0.05, 0) is 18.6 Å². The summed E-state index contributed by atoms with van der Waals surface area (Å²) in [6, 6.07) is 0.623. The number of nitrogens with one attached hydrogen (secondary N) is 2. The average molecular weight is 272 g/mol. The molecule has 1 aromatic rings. The molecule has 0 fully saturated rings. The number of carboxylic acids is 1. The van der Waals surface area contributed by atoms with Gasteiger partial charge in [0.2, 0.25) is 0 Å². The van der Waals surface area contributed by atoms with E-state index in [0.717, 1.165) is 18.2 Å². The second-order valence-electron chi connectivity index (χ2n) is 3.90. The first kappa shape index (κ1) is 14.9. The number of hydrogen-bond donors (Lipinski definition) is 3. The summed E-state index contributed by atoms with van der Waals surface area (Å²) in [6.45, 7) is 1.77. The zero-order valence-electron chi connectivity index (χ0n) is 10.2. The van der Waals surface area contributed by atoms with Crippen molar-refractivity contribution < 1.29 is 23.5 Å². The molecule has 0 bridgehead atoms. The Morgan fingerprint density at radius 1 is 1.37 bits per heavy atom. The quantitative estimate of drug-likeness (QED) is 0.769. The van der Waals surface area contributed by atoms with Gasteiger partial charge in [0.1, 0.15) is 17.7 Å². The van der Waals surface area contributed by atoms with Crippen LogP contribution in [0, 0.1) is 11.6 Å². The lowest BCUT2D eigenvalue weighted by molar-refractivity contribution is -0.139. The highest BCUT2D eigenvalue weighted by atomic mass is 19.1. The summed E-state index contributed by atoms with van der Waals surface area (Å²) in [4.78, 5) is 22.3. The number of anilines is 1. The molecule has 0 radical (unpaired) electrons. The molecule has 0 heterocycles. The number of aliphatic carboxylic acids is 1. The molecule has 1 aromatic carbocycles. The number of amides is 2. The molecule has 0 unspecified atom stereocenters. The lowest BCUT2D eigenvalue weighted by atomic mass is 10.2. The summed E-state index contributed by atoms with van der Waals surface area (Å²) < 4.78 is 26.1. The Hall–Kier alpha value is -2.18. The number of carbonyl (C=O) groups excluding carboxylic acids is 1. The summed E-state index contributed by atoms with van der Waals surface area (Å²) in [7, 11) is 0. The molecule has 19 heavy (non-hydrogen) atoms. The molecule has 0 spiro atoms. The van der Waals surface area contributed by atoms with Crippen LogP contribution in [-0.2, 0) is 4.79 Å². The number of hydrogen-bond acceptors (Lipinski definition) is 2. The standard InChI is InChI=1S/C12H14F2N2O3/c1-2-3-9(11(17)18)15-12(19)16-10-6-7(13)4-5-8(10)14/h4-6,9H,2-3H2,1H3,(H,17,18)(H2,15,16,19)/t9-/m0/s1. The van der Waals surface area contributed by atoms with Crippen LogP contribution in [0.25, 0.3) is 0 Å². The first-order valence-electron chi connectivity index (χ1n) is 5.69. The zero-order valence-corrected chi connectivity index (χ0v) is 10.2. The average Bonchev–Trinajstić information content (AvgIpc) is 2.33. The van der Waals surface area contributed by atoms with Crippen molar-refractivity contribution in [1.29, 1.82) is 0 Å². The number of urea groups is 1. The van der Waals surface area contributed by atoms with Crippen LogP contribution in [0.3, 0.4) is 0 Å². The lowest BCUT2D eigenvalue weighted by Crippen LogP contribution is -2.43. The Morgan fingerprint density at radius 2 is 2.05 bits per heavy atom. The Morgan fingerprint density at radius 3 is 2.63 bits per heavy atom. The van der Waals surface area contributed by atoms with Crippen LogP contribution in [0.2, 0.25) is 0 Å². The van der Waals surface area contributed by atoms with Crippen LogP contribution in [0.1, 0.15) is 19.8 Å². The number of carboxylic acid groups (broad SMARTS) is 1. The number of benzene rings is 1. The number of carbonyl (C=O) groups is 2. The van der Waals surface area contributed by atoms with Crippen molar-refractivity contribution in [3.8, 4) is 0 Å². The third kappa shape index (κ3) is 4.53. The highest BCUT2D eigenvalue weighted by Gasteiger charge is 2.19. The molecule has 0 aliphatic heterocycles. The van der Waals surface area contributed by atoms with E-state index in [-0.39, 0.29) is 12.1 Å². The van der Waals surface area contributed by atoms with Gasteiger partial charge in [-0.15, -0.1) is 0 Å². The van der Waals surface area contributed by atoms with E-state index >= 15 is 0 Å². The predicted molar refractivity (Wildman–Crippen MR) is 64.8 cm³/mol. The third-order valence-corrected chi connectivity index (χ3v) is 2.36. The molecule has 2 amide bonds. The normalized spacial score (nSPS) is 11.7. The fourth-order valence-corrected chi connectivity index (χ4v) is 1.46. The van der Waals surface area contributed by atoms with Crippen LogP contribution in [0.4, 0.5) is 19.3 Å². The highest BCUT2D eigenvalue weighted by Crippen LogP contribution is 2.15. The topological polar surface area (TPSA) is 78.4 Å². The van der Waals surface area contributed by atoms with Crippen LogP contribution in [-0.4, -0.2) is 23.1 Å². The Labute approximate surface area is 108 Å². The molecule has 0 saturated carbocycles. The van der Waals surface area contributed by atoms with E-state index in [1.807, 2.05) is 0 Å². The maximum absolute atomic E-state index is 13.2. The molecule has 1 rings (SSSR count). The minimum atomic E-state index is -1.18. The Kier molecular flexibility index (Phi) is 5.23. The number of rotatable bonds is 5. The number of halogens is 2. The molecule has 0 aliphatic carbocycles. The van der Waals surface area contributed by atoms with Gasteiger partial charge in [0, 0.05) is 6.07 Å². The molecule has 7 heteroatoms. The highest BCUT2D eigenvalue weighted by molar-refractivity contribution is 5.92. The Bertz CT molecular complexity index is 480. The van der Waals surface area contributed by atoms with Crippen LogP contribution < -0.4 is 10.6 Å². The van der Waals surface area contributed by atoms with E-state index in [9.17, 15) is 18.4 Å². The fourth-order valence-electron chi connectivity index (χ4n) is 1.46.